The Kier molecular flexibility index (Phi) is 6.08. The van der Waals surface area contributed by atoms with Crippen molar-refractivity contribution in [3.63, 3.8) is 0 Å². The molecule has 1 aromatic carbocycles. The number of piperidine rings is 1. The van der Waals surface area contributed by atoms with Crippen LogP contribution in [0.15, 0.2) is 30.3 Å². The van der Waals surface area contributed by atoms with E-state index in [-0.39, 0.29) is 17.9 Å². The number of benzene rings is 1. The van der Waals surface area contributed by atoms with Gasteiger partial charge in [0.1, 0.15) is 6.04 Å². The van der Waals surface area contributed by atoms with E-state index in [9.17, 15) is 9.59 Å². The number of nitrogens with zero attached hydrogens (tertiary/aromatic N) is 2. The summed E-state index contributed by atoms with van der Waals surface area (Å²) < 4.78 is 5.71. The van der Waals surface area contributed by atoms with Crippen molar-refractivity contribution in [3.05, 3.63) is 35.9 Å². The molecule has 0 N–H and O–H groups in total. The number of likely N-dealkylation sites (tertiary alicyclic amines) is 1. The van der Waals surface area contributed by atoms with Crippen molar-refractivity contribution >= 4 is 11.8 Å². The molecule has 2 heterocycles. The molecule has 5 heteroatoms. The Morgan fingerprint density at radius 2 is 2.08 bits per heavy atom. The van der Waals surface area contributed by atoms with Gasteiger partial charge in [0.25, 0.3) is 0 Å². The van der Waals surface area contributed by atoms with Crippen LogP contribution < -0.4 is 0 Å². The van der Waals surface area contributed by atoms with Crippen LogP contribution in [0.1, 0.15) is 50.6 Å². The van der Waals surface area contributed by atoms with Gasteiger partial charge in [-0.1, -0.05) is 30.3 Å². The smallest absolute Gasteiger partial charge is 0.250 e. The van der Waals surface area contributed by atoms with Crippen LogP contribution in [-0.2, 0) is 14.3 Å². The Labute approximate surface area is 149 Å². The molecule has 0 saturated carbocycles. The summed E-state index contributed by atoms with van der Waals surface area (Å²) in [5, 5.41) is 0. The lowest BCUT2D eigenvalue weighted by molar-refractivity contribution is -0.148. The first-order valence-electron chi connectivity index (χ1n) is 9.45. The highest BCUT2D eigenvalue weighted by Crippen LogP contribution is 2.28. The SMILES string of the molecule is CCN(C[C@H]1CCCO1)C(=O)[C@@H](c1ccccc1)N1CCCCC1=O. The van der Waals surface area contributed by atoms with Crippen LogP contribution in [0, 0.1) is 0 Å². The van der Waals surface area contributed by atoms with Crippen molar-refractivity contribution in [2.75, 3.05) is 26.2 Å². The largest absolute Gasteiger partial charge is 0.376 e. The van der Waals surface area contributed by atoms with E-state index in [1.54, 1.807) is 4.90 Å². The highest BCUT2D eigenvalue weighted by atomic mass is 16.5. The van der Waals surface area contributed by atoms with Crippen LogP contribution in [0.25, 0.3) is 0 Å². The Balaban J connectivity index is 1.84. The van der Waals surface area contributed by atoms with Crippen LogP contribution in [0.5, 0.6) is 0 Å². The fourth-order valence-corrected chi connectivity index (χ4v) is 3.77. The van der Waals surface area contributed by atoms with Gasteiger partial charge in [0.2, 0.25) is 11.8 Å². The van der Waals surface area contributed by atoms with E-state index in [1.165, 1.54) is 0 Å². The topological polar surface area (TPSA) is 49.9 Å². The highest BCUT2D eigenvalue weighted by Gasteiger charge is 2.35. The zero-order valence-corrected chi connectivity index (χ0v) is 15.0. The van der Waals surface area contributed by atoms with Gasteiger partial charge in [-0.25, -0.2) is 0 Å². The van der Waals surface area contributed by atoms with Crippen molar-refractivity contribution < 1.29 is 14.3 Å². The van der Waals surface area contributed by atoms with Crippen LogP contribution in [0.4, 0.5) is 0 Å². The lowest BCUT2D eigenvalue weighted by atomic mass is 9.99. The minimum Gasteiger partial charge on any atom is -0.376 e. The summed E-state index contributed by atoms with van der Waals surface area (Å²) in [5.74, 6) is 0.0982. The van der Waals surface area contributed by atoms with Gasteiger partial charge in [-0.15, -0.1) is 0 Å². The first-order chi connectivity index (χ1) is 12.2. The normalized spacial score (nSPS) is 22.0. The third kappa shape index (κ3) is 4.21. The molecule has 0 aliphatic carbocycles. The molecule has 0 bridgehead atoms. The Morgan fingerprint density at radius 1 is 1.28 bits per heavy atom. The standard InChI is InChI=1S/C20H28N2O3/c1-2-21(15-17-11-8-14-25-17)20(24)19(16-9-4-3-5-10-16)22-13-7-6-12-18(22)23/h3-5,9-10,17,19H,2,6-8,11-15H2,1H3/t17-,19-/m1/s1. The van der Waals surface area contributed by atoms with Gasteiger partial charge in [-0.3, -0.25) is 9.59 Å². The molecule has 0 radical (unpaired) electrons. The predicted octanol–water partition coefficient (Wildman–Crippen LogP) is 2.77. The summed E-state index contributed by atoms with van der Waals surface area (Å²) in [6.07, 6.45) is 4.59. The maximum absolute atomic E-state index is 13.4. The first-order valence-corrected chi connectivity index (χ1v) is 9.45. The maximum atomic E-state index is 13.4. The van der Waals surface area contributed by atoms with Crippen LogP contribution >= 0.6 is 0 Å². The Bertz CT molecular complexity index is 584. The summed E-state index contributed by atoms with van der Waals surface area (Å²) in [4.78, 5) is 29.5. The van der Waals surface area contributed by atoms with E-state index in [1.807, 2.05) is 42.2 Å². The molecule has 3 rings (SSSR count). The van der Waals surface area contributed by atoms with E-state index in [2.05, 4.69) is 0 Å². The molecule has 1 aromatic rings. The van der Waals surface area contributed by atoms with Crippen molar-refractivity contribution in [2.24, 2.45) is 0 Å². The molecule has 2 amide bonds. The van der Waals surface area contributed by atoms with E-state index in [0.29, 0.717) is 26.1 Å². The van der Waals surface area contributed by atoms with Crippen molar-refractivity contribution in [3.8, 4) is 0 Å². The molecule has 25 heavy (non-hydrogen) atoms. The molecule has 5 nitrogen and oxygen atoms in total. The molecule has 2 aliphatic rings. The number of hydrogen-bond acceptors (Lipinski definition) is 3. The van der Waals surface area contributed by atoms with E-state index >= 15 is 0 Å². The second-order valence-corrected chi connectivity index (χ2v) is 6.87. The van der Waals surface area contributed by atoms with Crippen LogP contribution in [-0.4, -0.2) is 54.0 Å². The molecule has 2 aliphatic heterocycles. The van der Waals surface area contributed by atoms with Gasteiger partial charge in [-0.2, -0.15) is 0 Å². The number of ether oxygens (including phenoxy) is 1. The summed E-state index contributed by atoms with van der Waals surface area (Å²) in [7, 11) is 0. The van der Waals surface area contributed by atoms with E-state index in [4.69, 9.17) is 4.74 Å². The maximum Gasteiger partial charge on any atom is 0.250 e. The van der Waals surface area contributed by atoms with Gasteiger partial charge in [0, 0.05) is 32.7 Å². The molecule has 0 aromatic heterocycles. The summed E-state index contributed by atoms with van der Waals surface area (Å²) in [5.41, 5.74) is 0.897. The monoisotopic (exact) mass is 344 g/mol. The molecule has 136 valence electrons. The van der Waals surface area contributed by atoms with Gasteiger partial charge in [0.05, 0.1) is 6.10 Å². The van der Waals surface area contributed by atoms with Crippen molar-refractivity contribution in [1.82, 2.24) is 9.80 Å². The Hall–Kier alpha value is -1.88. The third-order valence-corrected chi connectivity index (χ3v) is 5.16. The molecular formula is C20H28N2O3. The number of carbonyl (C=O) groups is 2. The lowest BCUT2D eigenvalue weighted by Crippen LogP contribution is -2.48. The minimum atomic E-state index is -0.518. The minimum absolute atomic E-state index is 0.0134. The number of rotatable bonds is 6. The molecular weight excluding hydrogens is 316 g/mol. The fourth-order valence-electron chi connectivity index (χ4n) is 3.77. The second-order valence-electron chi connectivity index (χ2n) is 6.87. The second kappa shape index (κ2) is 8.48. The molecule has 2 saturated heterocycles. The van der Waals surface area contributed by atoms with Gasteiger partial charge in [-0.05, 0) is 38.2 Å². The van der Waals surface area contributed by atoms with Crippen molar-refractivity contribution in [2.45, 2.75) is 51.2 Å². The predicted molar refractivity (Wildman–Crippen MR) is 96.0 cm³/mol. The van der Waals surface area contributed by atoms with Crippen molar-refractivity contribution in [1.29, 1.82) is 0 Å². The van der Waals surface area contributed by atoms with Gasteiger partial charge >= 0.3 is 0 Å². The highest BCUT2D eigenvalue weighted by molar-refractivity contribution is 5.89. The molecule has 2 fully saturated rings. The van der Waals surface area contributed by atoms with Crippen LogP contribution in [0.3, 0.4) is 0 Å². The number of hydrogen-bond donors (Lipinski definition) is 0. The van der Waals surface area contributed by atoms with Gasteiger partial charge in [0.15, 0.2) is 0 Å². The third-order valence-electron chi connectivity index (χ3n) is 5.16. The fraction of sp³-hybridized carbons (Fsp3) is 0.600. The van der Waals surface area contributed by atoms with Crippen LogP contribution in [0.2, 0.25) is 0 Å². The molecule has 2 atom stereocenters. The summed E-state index contributed by atoms with van der Waals surface area (Å²) in [6, 6.07) is 9.18. The van der Waals surface area contributed by atoms with E-state index < -0.39 is 6.04 Å². The van der Waals surface area contributed by atoms with E-state index in [0.717, 1.165) is 37.9 Å². The molecule has 0 unspecified atom stereocenters. The summed E-state index contributed by atoms with van der Waals surface area (Å²) >= 11 is 0. The quantitative estimate of drug-likeness (QED) is 0.797. The lowest BCUT2D eigenvalue weighted by Gasteiger charge is -2.37. The number of amides is 2. The summed E-state index contributed by atoms with van der Waals surface area (Å²) in [6.45, 7) is 4.67. The molecule has 0 spiro atoms. The number of likely N-dealkylation sites (N-methyl/N-ethyl adjacent to an activating group) is 1. The Morgan fingerprint density at radius 3 is 2.72 bits per heavy atom. The zero-order chi connectivity index (χ0) is 17.6. The number of carbonyl (C=O) groups excluding carboxylic acids is 2. The zero-order valence-electron chi connectivity index (χ0n) is 15.0. The average molecular weight is 344 g/mol. The first kappa shape index (κ1) is 17.9. The van der Waals surface area contributed by atoms with Gasteiger partial charge < -0.3 is 14.5 Å². The average Bonchev–Trinajstić information content (AvgIpc) is 3.15.